The molecule has 31 heavy (non-hydrogen) atoms. The Morgan fingerprint density at radius 3 is 2.65 bits per heavy atom. The van der Waals surface area contributed by atoms with E-state index in [9.17, 15) is 18.4 Å². The van der Waals surface area contributed by atoms with Gasteiger partial charge in [-0.1, -0.05) is 0 Å². The van der Waals surface area contributed by atoms with Crippen molar-refractivity contribution >= 4 is 17.7 Å². The van der Waals surface area contributed by atoms with Crippen LogP contribution in [0, 0.1) is 17.6 Å². The molecule has 2 aromatic heterocycles. The van der Waals surface area contributed by atoms with Crippen LogP contribution in [0.2, 0.25) is 0 Å². The Hall–Kier alpha value is -3.62. The highest BCUT2D eigenvalue weighted by Crippen LogP contribution is 2.47. The maximum absolute atomic E-state index is 13.4. The van der Waals surface area contributed by atoms with E-state index >= 15 is 0 Å². The number of halogens is 2. The van der Waals surface area contributed by atoms with Gasteiger partial charge < -0.3 is 14.6 Å². The Morgan fingerprint density at radius 1 is 1.16 bits per heavy atom. The lowest BCUT2D eigenvalue weighted by molar-refractivity contribution is -0.123. The minimum atomic E-state index is -0.756. The van der Waals surface area contributed by atoms with Crippen LogP contribution in [0.5, 0.6) is 0 Å². The number of esters is 1. The maximum Gasteiger partial charge on any atom is 0.341 e. The number of benzene rings is 1. The molecule has 1 aromatic carbocycles. The lowest BCUT2D eigenvalue weighted by atomic mass is 9.76. The molecule has 0 saturated heterocycles. The van der Waals surface area contributed by atoms with Gasteiger partial charge in [0.25, 0.3) is 0 Å². The molecule has 1 amide bonds. The average Bonchev–Trinajstić information content (AvgIpc) is 3.31. The summed E-state index contributed by atoms with van der Waals surface area (Å²) in [6, 6.07) is 6.54. The summed E-state index contributed by atoms with van der Waals surface area (Å²) in [4.78, 5) is 33.3. The minimum Gasteiger partial charge on any atom is -0.449 e. The zero-order chi connectivity index (χ0) is 21.6. The smallest absolute Gasteiger partial charge is 0.341 e. The van der Waals surface area contributed by atoms with Crippen molar-refractivity contribution in [3.05, 3.63) is 71.9 Å². The number of amides is 1. The zero-order valence-electron chi connectivity index (χ0n) is 16.3. The van der Waals surface area contributed by atoms with Gasteiger partial charge >= 0.3 is 5.97 Å². The van der Waals surface area contributed by atoms with E-state index in [-0.39, 0.29) is 29.3 Å². The molecule has 1 fully saturated rings. The molecular formula is C22H18F2N4O3. The minimum absolute atomic E-state index is 0.198. The van der Waals surface area contributed by atoms with Crippen LogP contribution in [0.25, 0.3) is 5.69 Å². The number of carbonyl (C=O) groups excluding carboxylic acids is 2. The predicted molar refractivity (Wildman–Crippen MR) is 105 cm³/mol. The highest BCUT2D eigenvalue weighted by Gasteiger charge is 2.49. The van der Waals surface area contributed by atoms with Gasteiger partial charge in [-0.25, -0.2) is 18.6 Å². The first-order valence-electron chi connectivity index (χ1n) is 9.94. The van der Waals surface area contributed by atoms with Gasteiger partial charge in [-0.3, -0.25) is 9.78 Å². The number of carbonyl (C=O) groups is 2. The molecule has 3 aromatic rings. The predicted octanol–water partition coefficient (Wildman–Crippen LogP) is 3.74. The molecule has 1 N–H and O–H groups in total. The number of rotatable bonds is 3. The van der Waals surface area contributed by atoms with Crippen molar-refractivity contribution in [1.82, 2.24) is 14.5 Å². The highest BCUT2D eigenvalue weighted by molar-refractivity contribution is 5.94. The van der Waals surface area contributed by atoms with Crippen molar-refractivity contribution < 1.29 is 23.1 Å². The van der Waals surface area contributed by atoms with Crippen molar-refractivity contribution in [1.29, 1.82) is 0 Å². The summed E-state index contributed by atoms with van der Waals surface area (Å²) in [5.74, 6) is -1.95. The number of nitrogens with zero attached hydrogens (tertiary/aromatic N) is 3. The van der Waals surface area contributed by atoms with Gasteiger partial charge in [-0.15, -0.1) is 0 Å². The number of anilines is 1. The number of hydrogen-bond acceptors (Lipinski definition) is 5. The summed E-state index contributed by atoms with van der Waals surface area (Å²) in [6.07, 6.45) is 6.60. The fourth-order valence-corrected chi connectivity index (χ4v) is 4.34. The molecule has 1 aliphatic heterocycles. The van der Waals surface area contributed by atoms with Crippen LogP contribution < -0.4 is 5.32 Å². The van der Waals surface area contributed by atoms with Crippen molar-refractivity contribution in [2.24, 2.45) is 5.92 Å². The third-order valence-electron chi connectivity index (χ3n) is 5.89. The molecule has 1 spiro atoms. The van der Waals surface area contributed by atoms with E-state index < -0.39 is 17.2 Å². The molecule has 1 aliphatic carbocycles. The van der Waals surface area contributed by atoms with Crippen molar-refractivity contribution in [3.8, 4) is 5.69 Å². The molecule has 9 heteroatoms. The molecule has 5 rings (SSSR count). The molecule has 0 radical (unpaired) electrons. The van der Waals surface area contributed by atoms with Crippen LogP contribution in [0.1, 0.15) is 41.7 Å². The van der Waals surface area contributed by atoms with Crippen LogP contribution in [-0.4, -0.2) is 26.4 Å². The first-order chi connectivity index (χ1) is 14.9. The normalized spacial score (nSPS) is 22.3. The number of fused-ring (bicyclic) bond motifs is 2. The number of imidazole rings is 1. The highest BCUT2D eigenvalue weighted by atomic mass is 19.1. The summed E-state index contributed by atoms with van der Waals surface area (Å²) in [7, 11) is 0. The topological polar surface area (TPSA) is 86.1 Å². The molecule has 2 aliphatic rings. The second kappa shape index (κ2) is 7.26. The largest absolute Gasteiger partial charge is 0.449 e. The summed E-state index contributed by atoms with van der Waals surface area (Å²) in [6.45, 7) is 0. The second-order valence-corrected chi connectivity index (χ2v) is 7.84. The summed E-state index contributed by atoms with van der Waals surface area (Å²) < 4.78 is 34.0. The molecule has 0 unspecified atom stereocenters. The molecular weight excluding hydrogens is 406 g/mol. The first kappa shape index (κ1) is 19.3. The summed E-state index contributed by atoms with van der Waals surface area (Å²) >= 11 is 0. The number of hydrogen-bond donors (Lipinski definition) is 1. The lowest BCUT2D eigenvalue weighted by Crippen LogP contribution is -2.36. The van der Waals surface area contributed by atoms with Gasteiger partial charge in [-0.2, -0.15) is 0 Å². The maximum atomic E-state index is 13.4. The first-order valence-corrected chi connectivity index (χ1v) is 9.94. The Balaban J connectivity index is 1.25. The second-order valence-electron chi connectivity index (χ2n) is 7.84. The van der Waals surface area contributed by atoms with Gasteiger partial charge in [0.05, 0.1) is 23.1 Å². The number of ether oxygens (including phenoxy) is 1. The van der Waals surface area contributed by atoms with Gasteiger partial charge in [-0.05, 0) is 49.9 Å². The Bertz CT molecular complexity index is 1160. The van der Waals surface area contributed by atoms with Crippen LogP contribution in [0.4, 0.5) is 14.6 Å². The van der Waals surface area contributed by atoms with Crippen molar-refractivity contribution in [2.75, 3.05) is 5.32 Å². The molecule has 1 saturated carbocycles. The van der Waals surface area contributed by atoms with Gasteiger partial charge in [0.15, 0.2) is 11.4 Å². The standard InChI is InChI=1S/C22H18F2N4O3/c23-14-8-15(24)10-16(9-14)28-11-18(26-12-28)27-20(29)13-3-5-22(6-4-13)19-17(21(30)31-22)2-1-7-25-19/h1-2,7-13H,3-6H2,(H,27,29). The summed E-state index contributed by atoms with van der Waals surface area (Å²) in [5.41, 5.74) is 0.650. The molecule has 7 nitrogen and oxygen atoms in total. The van der Waals surface area contributed by atoms with E-state index in [1.807, 2.05) is 0 Å². The van der Waals surface area contributed by atoms with Crippen LogP contribution in [-0.2, 0) is 15.1 Å². The van der Waals surface area contributed by atoms with E-state index in [1.54, 1.807) is 18.3 Å². The third-order valence-corrected chi connectivity index (χ3v) is 5.89. The van der Waals surface area contributed by atoms with Crippen molar-refractivity contribution in [3.63, 3.8) is 0 Å². The van der Waals surface area contributed by atoms with E-state index in [0.717, 1.165) is 6.07 Å². The van der Waals surface area contributed by atoms with Gasteiger partial charge in [0.1, 0.15) is 18.0 Å². The molecule has 0 bridgehead atoms. The van der Waals surface area contributed by atoms with E-state index in [2.05, 4.69) is 15.3 Å². The Morgan fingerprint density at radius 2 is 1.90 bits per heavy atom. The fraction of sp³-hybridized carbons (Fsp3) is 0.273. The van der Waals surface area contributed by atoms with Crippen LogP contribution in [0.3, 0.4) is 0 Å². The quantitative estimate of drug-likeness (QED) is 0.648. The Kier molecular flexibility index (Phi) is 4.53. The SMILES string of the molecule is O=C1OC2(CCC(C(=O)Nc3cn(-c4cc(F)cc(F)c4)cn3)CC2)c2ncccc21. The number of aromatic nitrogens is 3. The third kappa shape index (κ3) is 3.45. The van der Waals surface area contributed by atoms with Gasteiger partial charge in [0, 0.05) is 18.2 Å². The van der Waals surface area contributed by atoms with E-state index in [4.69, 9.17) is 4.74 Å². The molecule has 0 atom stereocenters. The van der Waals surface area contributed by atoms with Crippen molar-refractivity contribution in [2.45, 2.75) is 31.3 Å². The molecule has 158 valence electrons. The summed E-state index contributed by atoms with van der Waals surface area (Å²) in [5, 5.41) is 2.76. The number of nitrogens with one attached hydrogen (secondary N) is 1. The van der Waals surface area contributed by atoms with Crippen LogP contribution in [0.15, 0.2) is 49.1 Å². The average molecular weight is 424 g/mol. The van der Waals surface area contributed by atoms with Crippen LogP contribution >= 0.6 is 0 Å². The number of pyridine rings is 1. The zero-order valence-corrected chi connectivity index (χ0v) is 16.3. The monoisotopic (exact) mass is 424 g/mol. The fourth-order valence-electron chi connectivity index (χ4n) is 4.34. The van der Waals surface area contributed by atoms with Gasteiger partial charge in [0.2, 0.25) is 5.91 Å². The lowest BCUT2D eigenvalue weighted by Gasteiger charge is -2.35. The Labute approximate surface area is 176 Å². The molecule has 3 heterocycles. The van der Waals surface area contributed by atoms with E-state index in [1.165, 1.54) is 29.2 Å². The van der Waals surface area contributed by atoms with E-state index in [0.29, 0.717) is 36.9 Å².